The first-order valence-corrected chi connectivity index (χ1v) is 8.67. The molecule has 1 aliphatic heterocycles. The summed E-state index contributed by atoms with van der Waals surface area (Å²) in [6.07, 6.45) is 0. The van der Waals surface area contributed by atoms with Crippen LogP contribution in [0.25, 0.3) is 0 Å². The van der Waals surface area contributed by atoms with E-state index in [1.807, 2.05) is 0 Å². The summed E-state index contributed by atoms with van der Waals surface area (Å²) in [4.78, 5) is 12.3. The Morgan fingerprint density at radius 3 is 2.52 bits per heavy atom. The number of hydrogen-bond acceptors (Lipinski definition) is 7. The highest BCUT2D eigenvalue weighted by molar-refractivity contribution is 7.89. The van der Waals surface area contributed by atoms with Gasteiger partial charge in [0.25, 0.3) is 0 Å². The van der Waals surface area contributed by atoms with Crippen LogP contribution in [0.5, 0.6) is 5.75 Å². The Bertz CT molecular complexity index is 668. The Kier molecular flexibility index (Phi) is 10.2. The smallest absolute Gasteiger partial charge is 0.312 e. The Morgan fingerprint density at radius 2 is 1.96 bits per heavy atom. The summed E-state index contributed by atoms with van der Waals surface area (Å²) in [5.41, 5.74) is -0.377. The van der Waals surface area contributed by atoms with Gasteiger partial charge in [0.15, 0.2) is 5.75 Å². The Balaban J connectivity index is 0.00000288. The molecule has 0 saturated carbocycles. The molecule has 12 heteroatoms. The average Bonchev–Trinajstić information content (AvgIpc) is 2.55. The van der Waals surface area contributed by atoms with E-state index >= 15 is 0 Å². The van der Waals surface area contributed by atoms with E-state index in [4.69, 9.17) is 4.74 Å². The van der Waals surface area contributed by atoms with Crippen molar-refractivity contribution >= 4 is 40.5 Å². The molecule has 2 N–H and O–H groups in total. The third kappa shape index (κ3) is 6.57. The molecule has 0 radical (unpaired) electrons. The molecule has 0 aromatic heterocycles. The van der Waals surface area contributed by atoms with Crippen LogP contribution in [0.15, 0.2) is 23.1 Å². The molecule has 0 atom stereocenters. The van der Waals surface area contributed by atoms with E-state index in [0.29, 0.717) is 6.54 Å². The van der Waals surface area contributed by atoms with Crippen molar-refractivity contribution in [3.05, 3.63) is 28.3 Å². The van der Waals surface area contributed by atoms with E-state index in [-0.39, 0.29) is 47.7 Å². The zero-order valence-corrected chi connectivity index (χ0v) is 16.1. The summed E-state index contributed by atoms with van der Waals surface area (Å²) in [7, 11) is -2.50. The SMILES string of the molecule is COc1ccc(S(=O)(=O)NCCN2CCNCC2)cc1[N+](=O)[O-].Cl.Cl. The minimum Gasteiger partial charge on any atom is -0.490 e. The molecule has 25 heavy (non-hydrogen) atoms. The van der Waals surface area contributed by atoms with E-state index in [9.17, 15) is 18.5 Å². The molecule has 1 aromatic rings. The minimum atomic E-state index is -3.79. The second-order valence-electron chi connectivity index (χ2n) is 5.08. The highest BCUT2D eigenvalue weighted by Gasteiger charge is 2.22. The van der Waals surface area contributed by atoms with Crippen molar-refractivity contribution in [2.75, 3.05) is 46.4 Å². The summed E-state index contributed by atoms with van der Waals surface area (Å²) in [5.74, 6) is 0.0229. The third-order valence-corrected chi connectivity index (χ3v) is 5.05. The molecule has 0 aliphatic carbocycles. The highest BCUT2D eigenvalue weighted by atomic mass is 35.5. The van der Waals surface area contributed by atoms with Crippen molar-refractivity contribution in [1.29, 1.82) is 0 Å². The average molecular weight is 417 g/mol. The van der Waals surface area contributed by atoms with Crippen molar-refractivity contribution in [1.82, 2.24) is 14.9 Å². The van der Waals surface area contributed by atoms with E-state index in [2.05, 4.69) is 14.9 Å². The number of nitro groups is 1. The van der Waals surface area contributed by atoms with Crippen molar-refractivity contribution in [3.8, 4) is 5.75 Å². The summed E-state index contributed by atoms with van der Waals surface area (Å²) < 4.78 is 31.8. The monoisotopic (exact) mass is 416 g/mol. The molecule has 0 spiro atoms. The first-order chi connectivity index (χ1) is 10.9. The van der Waals surface area contributed by atoms with Gasteiger partial charge in [-0.15, -0.1) is 24.8 Å². The minimum absolute atomic E-state index is 0. The number of rotatable bonds is 7. The van der Waals surface area contributed by atoms with Crippen molar-refractivity contribution < 1.29 is 18.1 Å². The highest BCUT2D eigenvalue weighted by Crippen LogP contribution is 2.29. The maximum absolute atomic E-state index is 12.2. The summed E-state index contributed by atoms with van der Waals surface area (Å²) in [5, 5.41) is 14.2. The number of nitrogens with zero attached hydrogens (tertiary/aromatic N) is 2. The number of sulfonamides is 1. The van der Waals surface area contributed by atoms with Gasteiger partial charge in [-0.05, 0) is 12.1 Å². The van der Waals surface area contributed by atoms with Crippen LogP contribution in [0.2, 0.25) is 0 Å². The molecule has 0 unspecified atom stereocenters. The van der Waals surface area contributed by atoms with Crippen molar-refractivity contribution in [2.24, 2.45) is 0 Å². The van der Waals surface area contributed by atoms with Crippen LogP contribution in [0.3, 0.4) is 0 Å². The number of ether oxygens (including phenoxy) is 1. The molecule has 1 fully saturated rings. The number of halogens is 2. The number of hydrogen-bond donors (Lipinski definition) is 2. The molecule has 0 amide bonds. The fourth-order valence-corrected chi connectivity index (χ4v) is 3.38. The second kappa shape index (κ2) is 10.7. The zero-order valence-electron chi connectivity index (χ0n) is 13.6. The quantitative estimate of drug-likeness (QED) is 0.494. The zero-order chi connectivity index (χ0) is 16.9. The topological polar surface area (TPSA) is 114 Å². The van der Waals surface area contributed by atoms with Crippen LogP contribution in [0.1, 0.15) is 0 Å². The van der Waals surface area contributed by atoms with Crippen LogP contribution < -0.4 is 14.8 Å². The molecule has 1 aromatic carbocycles. The van der Waals surface area contributed by atoms with Gasteiger partial charge in [-0.2, -0.15) is 0 Å². The lowest BCUT2D eigenvalue weighted by Crippen LogP contribution is -2.46. The van der Waals surface area contributed by atoms with Crippen LogP contribution in [-0.4, -0.2) is 64.6 Å². The van der Waals surface area contributed by atoms with Gasteiger partial charge in [-0.25, -0.2) is 13.1 Å². The largest absolute Gasteiger partial charge is 0.490 e. The van der Waals surface area contributed by atoms with Gasteiger partial charge in [0.05, 0.1) is 16.9 Å². The van der Waals surface area contributed by atoms with E-state index in [1.165, 1.54) is 19.2 Å². The van der Waals surface area contributed by atoms with Crippen LogP contribution in [0.4, 0.5) is 5.69 Å². The van der Waals surface area contributed by atoms with Gasteiger partial charge in [0.1, 0.15) is 0 Å². The molecule has 1 saturated heterocycles. The predicted octanol–water partition coefficient (Wildman–Crippen LogP) is 0.631. The fourth-order valence-electron chi connectivity index (χ4n) is 2.34. The lowest BCUT2D eigenvalue weighted by Gasteiger charge is -2.27. The number of nitro benzene ring substituents is 1. The lowest BCUT2D eigenvalue weighted by atomic mass is 10.3. The number of piperazine rings is 1. The van der Waals surface area contributed by atoms with E-state index < -0.39 is 14.9 Å². The van der Waals surface area contributed by atoms with Crippen LogP contribution in [-0.2, 0) is 10.0 Å². The van der Waals surface area contributed by atoms with Gasteiger partial charge in [-0.3, -0.25) is 15.0 Å². The van der Waals surface area contributed by atoms with Gasteiger partial charge < -0.3 is 10.1 Å². The van der Waals surface area contributed by atoms with Crippen molar-refractivity contribution in [3.63, 3.8) is 0 Å². The molecule has 9 nitrogen and oxygen atoms in total. The first-order valence-electron chi connectivity index (χ1n) is 7.19. The van der Waals surface area contributed by atoms with Gasteiger partial charge in [0, 0.05) is 45.3 Å². The Morgan fingerprint density at radius 1 is 1.32 bits per heavy atom. The van der Waals surface area contributed by atoms with Gasteiger partial charge >= 0.3 is 5.69 Å². The van der Waals surface area contributed by atoms with Gasteiger partial charge in [0.2, 0.25) is 10.0 Å². The summed E-state index contributed by atoms with van der Waals surface area (Å²) in [6, 6.07) is 3.58. The number of nitrogens with one attached hydrogen (secondary N) is 2. The van der Waals surface area contributed by atoms with Crippen LogP contribution >= 0.6 is 24.8 Å². The third-order valence-electron chi connectivity index (χ3n) is 3.59. The Labute approximate surface area is 159 Å². The van der Waals surface area contributed by atoms with Crippen molar-refractivity contribution in [2.45, 2.75) is 4.90 Å². The normalized spacial score (nSPS) is 14.9. The van der Waals surface area contributed by atoms with Gasteiger partial charge in [-0.1, -0.05) is 0 Å². The van der Waals surface area contributed by atoms with E-state index in [1.54, 1.807) is 0 Å². The number of benzene rings is 1. The molecule has 144 valence electrons. The maximum Gasteiger partial charge on any atom is 0.312 e. The predicted molar refractivity (Wildman–Crippen MR) is 98.6 cm³/mol. The molecule has 1 heterocycles. The first kappa shape index (κ1) is 23.8. The number of methoxy groups -OCH3 is 1. The summed E-state index contributed by atoms with van der Waals surface area (Å²) >= 11 is 0. The fraction of sp³-hybridized carbons (Fsp3) is 0.538. The molecule has 1 aliphatic rings. The van der Waals surface area contributed by atoms with E-state index in [0.717, 1.165) is 32.2 Å². The molecular weight excluding hydrogens is 395 g/mol. The second-order valence-corrected chi connectivity index (χ2v) is 6.85. The Hall–Kier alpha value is -1.17. The lowest BCUT2D eigenvalue weighted by molar-refractivity contribution is -0.386. The summed E-state index contributed by atoms with van der Waals surface area (Å²) in [6.45, 7) is 4.36. The molecule has 2 rings (SSSR count). The maximum atomic E-state index is 12.2. The molecule has 0 bridgehead atoms. The van der Waals surface area contributed by atoms with Crippen LogP contribution in [0, 0.1) is 10.1 Å². The molecular formula is C13H22Cl2N4O5S. The standard InChI is InChI=1S/C13H20N4O5S.2ClH/c1-22-13-3-2-11(10-12(13)17(18)19)23(20,21)15-6-9-16-7-4-14-5-8-16;;/h2-3,10,14-15H,4-9H2,1H3;2*1H.